The summed E-state index contributed by atoms with van der Waals surface area (Å²) in [7, 11) is 0. The molecule has 0 saturated heterocycles. The molecule has 0 unspecified atom stereocenters. The third-order valence-electron chi connectivity index (χ3n) is 3.02. The lowest BCUT2D eigenvalue weighted by Gasteiger charge is -2.12. The van der Waals surface area contributed by atoms with E-state index >= 15 is 0 Å². The summed E-state index contributed by atoms with van der Waals surface area (Å²) in [6.45, 7) is 1.78. The van der Waals surface area contributed by atoms with Crippen LogP contribution in [0.3, 0.4) is 0 Å². The van der Waals surface area contributed by atoms with Crippen LogP contribution in [0.15, 0.2) is 18.6 Å². The first-order valence-electron chi connectivity index (χ1n) is 6.33. The Morgan fingerprint density at radius 3 is 2.90 bits per heavy atom. The fourth-order valence-electron chi connectivity index (χ4n) is 1.91. The Kier molecular flexibility index (Phi) is 4.39. The van der Waals surface area contributed by atoms with Crippen LogP contribution in [0.1, 0.15) is 16.8 Å². The number of nitrogens with zero attached hydrogens (tertiary/aromatic N) is 3. The standard InChI is InChI=1S/C13H17N5O3/c1-8-13(21)11(9(7-19)2-15-8)4-16-10-3-17-18(5-10)6-12(14)20/h2-3,5,16,19,21H,4,6-7H2,1H3,(H2,14,20). The number of carbonyl (C=O) groups is 1. The quantitative estimate of drug-likeness (QED) is 0.588. The van der Waals surface area contributed by atoms with Gasteiger partial charge in [-0.2, -0.15) is 5.10 Å². The van der Waals surface area contributed by atoms with Gasteiger partial charge in [0.15, 0.2) is 0 Å². The first-order chi connectivity index (χ1) is 10.0. The number of aliphatic hydroxyl groups is 1. The topological polar surface area (TPSA) is 126 Å². The van der Waals surface area contributed by atoms with E-state index in [1.54, 1.807) is 19.3 Å². The van der Waals surface area contributed by atoms with E-state index in [9.17, 15) is 15.0 Å². The van der Waals surface area contributed by atoms with Crippen LogP contribution in [-0.4, -0.2) is 30.9 Å². The second-order valence-electron chi connectivity index (χ2n) is 4.60. The van der Waals surface area contributed by atoms with E-state index in [1.807, 2.05) is 0 Å². The van der Waals surface area contributed by atoms with Crippen LogP contribution in [-0.2, 0) is 24.5 Å². The molecule has 0 atom stereocenters. The zero-order chi connectivity index (χ0) is 15.4. The van der Waals surface area contributed by atoms with E-state index in [4.69, 9.17) is 5.73 Å². The summed E-state index contributed by atoms with van der Waals surface area (Å²) in [5, 5.41) is 26.3. The minimum Gasteiger partial charge on any atom is -0.506 e. The molecule has 1 amide bonds. The predicted octanol–water partition coefficient (Wildman–Crippen LogP) is -0.118. The number of aromatic nitrogens is 3. The summed E-state index contributed by atoms with van der Waals surface area (Å²) >= 11 is 0. The maximum Gasteiger partial charge on any atom is 0.239 e. The van der Waals surface area contributed by atoms with Gasteiger partial charge in [-0.1, -0.05) is 0 Å². The molecule has 0 fully saturated rings. The van der Waals surface area contributed by atoms with Gasteiger partial charge in [0.05, 0.1) is 24.2 Å². The van der Waals surface area contributed by atoms with E-state index in [2.05, 4.69) is 15.4 Å². The Hall–Kier alpha value is -2.61. The summed E-state index contributed by atoms with van der Waals surface area (Å²) < 4.78 is 1.41. The minimum absolute atomic E-state index is 0.00316. The third kappa shape index (κ3) is 3.48. The van der Waals surface area contributed by atoms with Gasteiger partial charge in [0.2, 0.25) is 5.91 Å². The highest BCUT2D eigenvalue weighted by Crippen LogP contribution is 2.24. The summed E-state index contributed by atoms with van der Waals surface area (Å²) in [6.07, 6.45) is 4.71. The number of amides is 1. The van der Waals surface area contributed by atoms with Crippen LogP contribution in [0.25, 0.3) is 0 Å². The average Bonchev–Trinajstić information content (AvgIpc) is 2.87. The predicted molar refractivity (Wildman–Crippen MR) is 75.3 cm³/mol. The monoisotopic (exact) mass is 291 g/mol. The van der Waals surface area contributed by atoms with Crippen LogP contribution < -0.4 is 11.1 Å². The second-order valence-corrected chi connectivity index (χ2v) is 4.60. The van der Waals surface area contributed by atoms with E-state index < -0.39 is 5.91 Å². The van der Waals surface area contributed by atoms with Gasteiger partial charge in [-0.15, -0.1) is 0 Å². The van der Waals surface area contributed by atoms with Crippen molar-refractivity contribution < 1.29 is 15.0 Å². The normalized spacial score (nSPS) is 10.6. The van der Waals surface area contributed by atoms with Crippen LogP contribution in [0.5, 0.6) is 5.75 Å². The second kappa shape index (κ2) is 6.23. The van der Waals surface area contributed by atoms with Crippen LogP contribution in [0, 0.1) is 6.92 Å². The molecular formula is C13H17N5O3. The number of hydrogen-bond donors (Lipinski definition) is 4. The number of aromatic hydroxyl groups is 1. The molecule has 2 aromatic heterocycles. The highest BCUT2D eigenvalue weighted by Gasteiger charge is 2.11. The van der Waals surface area contributed by atoms with Gasteiger partial charge >= 0.3 is 0 Å². The van der Waals surface area contributed by atoms with E-state index in [0.29, 0.717) is 29.1 Å². The molecule has 0 bridgehead atoms. The van der Waals surface area contributed by atoms with Gasteiger partial charge < -0.3 is 21.3 Å². The number of hydrogen-bond acceptors (Lipinski definition) is 6. The van der Waals surface area contributed by atoms with Crippen molar-refractivity contribution in [1.29, 1.82) is 0 Å². The van der Waals surface area contributed by atoms with E-state index in [-0.39, 0.29) is 18.9 Å². The minimum atomic E-state index is -0.477. The number of aryl methyl sites for hydroxylation is 1. The first kappa shape index (κ1) is 14.8. The van der Waals surface area contributed by atoms with E-state index in [1.165, 1.54) is 10.9 Å². The Balaban J connectivity index is 2.11. The van der Waals surface area contributed by atoms with Crippen LogP contribution in [0.4, 0.5) is 5.69 Å². The molecule has 0 aliphatic heterocycles. The average molecular weight is 291 g/mol. The number of primary amides is 1. The number of pyridine rings is 1. The number of nitrogens with two attached hydrogens (primary N) is 1. The molecule has 0 spiro atoms. The maximum atomic E-state index is 10.8. The van der Waals surface area contributed by atoms with Gasteiger partial charge in [0, 0.05) is 30.1 Å². The van der Waals surface area contributed by atoms with Crippen molar-refractivity contribution in [1.82, 2.24) is 14.8 Å². The lowest BCUT2D eigenvalue weighted by atomic mass is 10.1. The van der Waals surface area contributed by atoms with E-state index in [0.717, 1.165) is 0 Å². The van der Waals surface area contributed by atoms with Crippen molar-refractivity contribution in [2.75, 3.05) is 5.32 Å². The molecule has 112 valence electrons. The first-order valence-corrected chi connectivity index (χ1v) is 6.33. The van der Waals surface area contributed by atoms with Crippen LogP contribution in [0.2, 0.25) is 0 Å². The lowest BCUT2D eigenvalue weighted by Crippen LogP contribution is -2.18. The van der Waals surface area contributed by atoms with Crippen molar-refractivity contribution in [3.63, 3.8) is 0 Å². The number of carbonyl (C=O) groups excluding carboxylic acids is 1. The van der Waals surface area contributed by atoms with Crippen molar-refractivity contribution in [2.24, 2.45) is 5.73 Å². The summed E-state index contributed by atoms with van der Waals surface area (Å²) in [6, 6.07) is 0. The summed E-state index contributed by atoms with van der Waals surface area (Å²) in [5.74, 6) is -0.423. The molecule has 2 heterocycles. The zero-order valence-corrected chi connectivity index (χ0v) is 11.6. The lowest BCUT2D eigenvalue weighted by molar-refractivity contribution is -0.118. The van der Waals surface area contributed by atoms with Crippen molar-refractivity contribution in [3.8, 4) is 5.75 Å². The smallest absolute Gasteiger partial charge is 0.239 e. The Labute approximate surface area is 121 Å². The van der Waals surface area contributed by atoms with Gasteiger partial charge in [-0.3, -0.25) is 14.5 Å². The van der Waals surface area contributed by atoms with Crippen molar-refractivity contribution in [2.45, 2.75) is 26.6 Å². The number of nitrogens with one attached hydrogen (secondary N) is 1. The highest BCUT2D eigenvalue weighted by molar-refractivity contribution is 5.73. The molecular weight excluding hydrogens is 274 g/mol. The molecule has 2 aromatic rings. The molecule has 21 heavy (non-hydrogen) atoms. The fraction of sp³-hybridized carbons (Fsp3) is 0.308. The SMILES string of the molecule is Cc1ncc(CO)c(CNc2cnn(CC(N)=O)c2)c1O. The molecule has 8 heteroatoms. The Morgan fingerprint density at radius 1 is 1.48 bits per heavy atom. The summed E-state index contributed by atoms with van der Waals surface area (Å²) in [5.41, 5.74) is 7.38. The Morgan fingerprint density at radius 2 is 2.24 bits per heavy atom. The van der Waals surface area contributed by atoms with Gasteiger partial charge in [0.25, 0.3) is 0 Å². The van der Waals surface area contributed by atoms with Crippen molar-refractivity contribution >= 4 is 11.6 Å². The highest BCUT2D eigenvalue weighted by atomic mass is 16.3. The van der Waals surface area contributed by atoms with Crippen LogP contribution >= 0.6 is 0 Å². The summed E-state index contributed by atoms with van der Waals surface area (Å²) in [4.78, 5) is 14.8. The molecule has 2 rings (SSSR count). The molecule has 0 aliphatic rings. The zero-order valence-electron chi connectivity index (χ0n) is 11.6. The maximum absolute atomic E-state index is 10.8. The van der Waals surface area contributed by atoms with Gasteiger partial charge in [0.1, 0.15) is 12.3 Å². The molecule has 0 saturated carbocycles. The number of rotatable bonds is 6. The molecule has 0 aliphatic carbocycles. The molecule has 0 aromatic carbocycles. The molecule has 5 N–H and O–H groups in total. The fourth-order valence-corrected chi connectivity index (χ4v) is 1.91. The molecule has 0 radical (unpaired) electrons. The largest absolute Gasteiger partial charge is 0.506 e. The third-order valence-corrected chi connectivity index (χ3v) is 3.02. The number of aliphatic hydroxyl groups excluding tert-OH is 1. The molecule has 8 nitrogen and oxygen atoms in total. The van der Waals surface area contributed by atoms with Gasteiger partial charge in [-0.05, 0) is 6.92 Å². The number of anilines is 1. The van der Waals surface area contributed by atoms with Gasteiger partial charge in [-0.25, -0.2) is 0 Å². The van der Waals surface area contributed by atoms with Crippen molar-refractivity contribution in [3.05, 3.63) is 35.4 Å². The Bertz CT molecular complexity index is 653.